The molecule has 0 radical (unpaired) electrons. The van der Waals surface area contributed by atoms with E-state index in [-0.39, 0.29) is 11.6 Å². The van der Waals surface area contributed by atoms with Gasteiger partial charge in [-0.1, -0.05) is 32.3 Å². The van der Waals surface area contributed by atoms with Gasteiger partial charge in [-0.2, -0.15) is 5.48 Å². The van der Waals surface area contributed by atoms with Crippen molar-refractivity contribution in [3.8, 4) is 0 Å². The van der Waals surface area contributed by atoms with Gasteiger partial charge >= 0.3 is 6.03 Å². The zero-order valence-corrected chi connectivity index (χ0v) is 17.3. The number of rotatable bonds is 7. The number of nitrogens with two attached hydrogens (primary N) is 2. The van der Waals surface area contributed by atoms with Crippen LogP contribution in [-0.2, 0) is 4.79 Å². The molecule has 7 heteroatoms. The predicted octanol–water partition coefficient (Wildman–Crippen LogP) is 2.16. The van der Waals surface area contributed by atoms with Crippen LogP contribution in [0.2, 0.25) is 0 Å². The number of primary amides is 1. The molecule has 0 spiro atoms. The summed E-state index contributed by atoms with van der Waals surface area (Å²) in [5, 5.41) is 12.3. The smallest absolute Gasteiger partial charge is 0.321 e. The molecule has 156 valence electrons. The van der Waals surface area contributed by atoms with Crippen LogP contribution < -0.4 is 16.5 Å². The Balaban J connectivity index is 2.28. The quantitative estimate of drug-likeness (QED) is 0.303. The van der Waals surface area contributed by atoms with Crippen molar-refractivity contribution >= 4 is 11.9 Å². The molecule has 3 amide bonds. The van der Waals surface area contributed by atoms with E-state index in [9.17, 15) is 14.8 Å². The van der Waals surface area contributed by atoms with E-state index in [4.69, 9.17) is 5.73 Å². The van der Waals surface area contributed by atoms with E-state index < -0.39 is 5.91 Å². The molecule has 2 unspecified atom stereocenters. The van der Waals surface area contributed by atoms with E-state index in [1.165, 1.54) is 31.9 Å². The first-order chi connectivity index (χ1) is 13.4. The van der Waals surface area contributed by atoms with Gasteiger partial charge in [-0.25, -0.2) is 10.0 Å². The third-order valence-corrected chi connectivity index (χ3v) is 5.96. The topological polar surface area (TPSA) is 112 Å². The summed E-state index contributed by atoms with van der Waals surface area (Å²) in [6.45, 7) is 7.08. The van der Waals surface area contributed by atoms with Crippen LogP contribution in [-0.4, -0.2) is 35.1 Å². The van der Waals surface area contributed by atoms with Gasteiger partial charge in [0.25, 0.3) is 0 Å². The molecule has 2 rings (SSSR count). The Labute approximate surface area is 167 Å². The lowest BCUT2D eigenvalue weighted by atomic mass is 9.82. The molecule has 0 aromatic heterocycles. The number of likely N-dealkylation sites (tertiary alicyclic amines) is 1. The lowest BCUT2D eigenvalue weighted by molar-refractivity contribution is -0.838. The monoisotopic (exact) mass is 391 g/mol. The number of carbonyl (C=O) groups is 2. The van der Waals surface area contributed by atoms with Crippen LogP contribution in [0.4, 0.5) is 4.79 Å². The van der Waals surface area contributed by atoms with Gasteiger partial charge in [-0.05, 0) is 50.5 Å². The third kappa shape index (κ3) is 5.23. The van der Waals surface area contributed by atoms with E-state index in [1.54, 1.807) is 6.92 Å². The second-order valence-electron chi connectivity index (χ2n) is 7.80. The van der Waals surface area contributed by atoms with Gasteiger partial charge in [0, 0.05) is 18.7 Å². The van der Waals surface area contributed by atoms with Gasteiger partial charge in [-0.15, -0.1) is 0 Å². The molecule has 1 aliphatic heterocycles. The summed E-state index contributed by atoms with van der Waals surface area (Å²) >= 11 is 0. The normalized spacial score (nSPS) is 23.9. The number of nitrogens with zero attached hydrogens (tertiary/aromatic N) is 1. The number of hydrogen-bond donors (Lipinski definition) is 4. The lowest BCUT2D eigenvalue weighted by Crippen LogP contribution is -2.74. The number of hydrogen-bond acceptors (Lipinski definition) is 3. The third-order valence-electron chi connectivity index (χ3n) is 5.96. The van der Waals surface area contributed by atoms with Crippen molar-refractivity contribution in [3.63, 3.8) is 0 Å². The number of fused-ring (bicyclic) bond motifs is 1. The minimum absolute atomic E-state index is 0.208. The number of amides is 3. The Morgan fingerprint density at radius 1 is 1.25 bits per heavy atom. The molecule has 6 N–H and O–H groups in total. The summed E-state index contributed by atoms with van der Waals surface area (Å²) in [5.74, 6) is 0.563. The fourth-order valence-electron chi connectivity index (χ4n) is 4.37. The Morgan fingerprint density at radius 3 is 2.32 bits per heavy atom. The van der Waals surface area contributed by atoms with Crippen molar-refractivity contribution in [1.29, 1.82) is 0 Å². The van der Waals surface area contributed by atoms with Crippen molar-refractivity contribution in [3.05, 3.63) is 34.7 Å². The lowest BCUT2D eigenvalue weighted by Gasteiger charge is -2.22. The highest BCUT2D eigenvalue weighted by atomic mass is 16.5. The molecule has 1 heterocycles. The Hall–Kier alpha value is -2.12. The van der Waals surface area contributed by atoms with Gasteiger partial charge < -0.3 is 16.0 Å². The second kappa shape index (κ2) is 10.4. The molecular formula is C21H35N4O3+. The highest BCUT2D eigenvalue weighted by Gasteiger charge is 2.37. The van der Waals surface area contributed by atoms with Crippen molar-refractivity contribution in [2.75, 3.05) is 13.1 Å². The van der Waals surface area contributed by atoms with E-state index in [1.807, 2.05) is 17.9 Å². The van der Waals surface area contributed by atoms with E-state index >= 15 is 0 Å². The molecule has 1 saturated heterocycles. The summed E-state index contributed by atoms with van der Waals surface area (Å²) in [5.41, 5.74) is 8.67. The average molecular weight is 392 g/mol. The van der Waals surface area contributed by atoms with Crippen molar-refractivity contribution < 1.29 is 20.3 Å². The van der Waals surface area contributed by atoms with Crippen molar-refractivity contribution in [2.24, 2.45) is 17.6 Å². The Kier molecular flexibility index (Phi) is 8.26. The maximum Gasteiger partial charge on any atom is 0.321 e. The van der Waals surface area contributed by atoms with Crippen molar-refractivity contribution in [2.45, 2.75) is 59.3 Å². The minimum Gasteiger partial charge on any atom is -0.366 e. The van der Waals surface area contributed by atoms with Crippen LogP contribution >= 0.6 is 0 Å². The summed E-state index contributed by atoms with van der Waals surface area (Å²) in [7, 11) is 0. The van der Waals surface area contributed by atoms with Crippen LogP contribution in [0.15, 0.2) is 34.7 Å². The number of nitrogens with one attached hydrogen (secondary N) is 1. The van der Waals surface area contributed by atoms with E-state index in [2.05, 4.69) is 12.2 Å². The molecule has 2 aliphatic rings. The minimum atomic E-state index is -0.596. The first-order valence-electron chi connectivity index (χ1n) is 10.3. The molecule has 2 atom stereocenters. The number of allylic oxidation sites excluding steroid dienone is 2. The number of hydroxylamine groups is 1. The fraction of sp³-hybridized carbons (Fsp3) is 0.619. The highest BCUT2D eigenvalue weighted by molar-refractivity contribution is 5.94. The zero-order chi connectivity index (χ0) is 20.7. The Bertz CT molecular complexity index is 667. The standard InChI is InChI=1S/C21H34N4O3/c1-4-8-15(5-2)18(11-23-28)19(14(3)20(22)26)24-21(27)25-12-16-9-6-7-10-17(16)13-25/h5,11,16-17,23,28H,4,6-10,12-13H2,1-3H3,(H2,22,26)(H,24,27)/p+1/b15-5-,18-11+,19-14-. The Morgan fingerprint density at radius 2 is 1.86 bits per heavy atom. The summed E-state index contributed by atoms with van der Waals surface area (Å²) in [6.07, 6.45) is 9.94. The summed E-state index contributed by atoms with van der Waals surface area (Å²) in [4.78, 5) is 26.8. The van der Waals surface area contributed by atoms with Crippen LogP contribution in [0.25, 0.3) is 0 Å². The first kappa shape index (κ1) is 22.2. The molecule has 7 nitrogen and oxygen atoms in total. The molecular weight excluding hydrogens is 356 g/mol. The molecule has 0 aromatic rings. The molecule has 1 saturated carbocycles. The average Bonchev–Trinajstić information content (AvgIpc) is 3.12. The van der Waals surface area contributed by atoms with Crippen molar-refractivity contribution in [1.82, 2.24) is 10.2 Å². The van der Waals surface area contributed by atoms with Gasteiger partial charge in [0.2, 0.25) is 5.91 Å². The van der Waals surface area contributed by atoms with Crippen LogP contribution in [0.1, 0.15) is 59.3 Å². The SMILES string of the molecule is C\C=C(CCC)/C(=C\[NH2+]O)C(/NC(=O)N1CC2CCCCC2C1)=C(\C)C(N)=O. The molecule has 2 fully saturated rings. The van der Waals surface area contributed by atoms with Gasteiger partial charge in [0.05, 0.1) is 11.3 Å². The summed E-state index contributed by atoms with van der Waals surface area (Å²) < 4.78 is 0. The molecule has 0 bridgehead atoms. The maximum absolute atomic E-state index is 13.0. The molecule has 28 heavy (non-hydrogen) atoms. The van der Waals surface area contributed by atoms with E-state index in [0.29, 0.717) is 23.1 Å². The van der Waals surface area contributed by atoms with Gasteiger partial charge in [-0.3, -0.25) is 4.79 Å². The first-order valence-corrected chi connectivity index (χ1v) is 10.3. The predicted molar refractivity (Wildman–Crippen MR) is 108 cm³/mol. The number of carbonyl (C=O) groups excluding carboxylic acids is 2. The molecule has 0 aromatic carbocycles. The summed E-state index contributed by atoms with van der Waals surface area (Å²) in [6, 6.07) is -0.208. The second-order valence-corrected chi connectivity index (χ2v) is 7.80. The number of urea groups is 1. The van der Waals surface area contributed by atoms with Gasteiger partial charge in [0.15, 0.2) is 0 Å². The van der Waals surface area contributed by atoms with Crippen LogP contribution in [0, 0.1) is 11.8 Å². The van der Waals surface area contributed by atoms with Crippen LogP contribution in [0.3, 0.4) is 0 Å². The number of quaternary nitrogens is 1. The molecule has 1 aliphatic carbocycles. The van der Waals surface area contributed by atoms with E-state index in [0.717, 1.165) is 37.0 Å². The fourth-order valence-corrected chi connectivity index (χ4v) is 4.37. The zero-order valence-electron chi connectivity index (χ0n) is 17.3. The van der Waals surface area contributed by atoms with Gasteiger partial charge in [0.1, 0.15) is 6.20 Å². The largest absolute Gasteiger partial charge is 0.366 e. The highest BCUT2D eigenvalue weighted by Crippen LogP contribution is 2.36. The maximum atomic E-state index is 13.0. The van der Waals surface area contributed by atoms with Crippen LogP contribution in [0.5, 0.6) is 0 Å².